The van der Waals surface area contributed by atoms with Gasteiger partial charge in [0.05, 0.1) is 19.7 Å². The monoisotopic (exact) mass is 243 g/mol. The average Bonchev–Trinajstić information content (AvgIpc) is 2.62. The summed E-state index contributed by atoms with van der Waals surface area (Å²) < 4.78 is 6.70. The summed E-state index contributed by atoms with van der Waals surface area (Å²) in [5, 5.41) is 11.3. The highest BCUT2D eigenvalue weighted by Crippen LogP contribution is 2.41. The van der Waals surface area contributed by atoms with Crippen molar-refractivity contribution in [2.24, 2.45) is 5.41 Å². The Labute approximate surface area is 103 Å². The van der Waals surface area contributed by atoms with E-state index in [1.807, 2.05) is 6.92 Å². The minimum Gasteiger partial charge on any atom is -0.328 e. The Kier molecular flexibility index (Phi) is 4.66. The molecule has 0 aliphatic carbocycles. The molecule has 0 aromatic rings. The topological polar surface area (TPSA) is 33.0 Å². The van der Waals surface area contributed by atoms with Gasteiger partial charge in [-0.3, -0.25) is 0 Å². The Morgan fingerprint density at radius 3 is 2.31 bits per heavy atom. The van der Waals surface area contributed by atoms with Gasteiger partial charge in [0.2, 0.25) is 6.23 Å². The van der Waals surface area contributed by atoms with Crippen LogP contribution in [0.25, 0.3) is 0 Å². The first kappa shape index (κ1) is 13.8. The van der Waals surface area contributed by atoms with Crippen LogP contribution in [0.4, 0.5) is 0 Å². The molecule has 1 aliphatic heterocycles. The number of nitrogens with zero attached hydrogens (tertiary/aromatic N) is 2. The first-order valence-corrected chi connectivity index (χ1v) is 6.79. The van der Waals surface area contributed by atoms with Gasteiger partial charge in [-0.15, -0.1) is 0 Å². The van der Waals surface area contributed by atoms with E-state index in [0.29, 0.717) is 6.61 Å². The van der Waals surface area contributed by atoms with E-state index in [-0.39, 0.29) is 11.6 Å². The zero-order valence-corrected chi connectivity index (χ0v) is 11.6. The zero-order valence-electron chi connectivity index (χ0n) is 10.8. The molecule has 3 nitrogen and oxygen atoms in total. The molecule has 1 fully saturated rings. The van der Waals surface area contributed by atoms with Gasteiger partial charge >= 0.3 is 0 Å². The van der Waals surface area contributed by atoms with Crippen LogP contribution in [0.3, 0.4) is 0 Å². The molecule has 0 aromatic heterocycles. The molecule has 1 atom stereocenters. The molecule has 0 radical (unpaired) electrons. The number of ether oxygens (including phenoxy) is 1. The van der Waals surface area contributed by atoms with Gasteiger partial charge in [0.1, 0.15) is 0 Å². The molecule has 16 heavy (non-hydrogen) atoms. The summed E-state index contributed by atoms with van der Waals surface area (Å²) in [7, 11) is 0. The van der Waals surface area contributed by atoms with Gasteiger partial charge in [0.15, 0.2) is 17.3 Å². The molecule has 1 rings (SSSR count). The maximum absolute atomic E-state index is 9.02. The quantitative estimate of drug-likeness (QED) is 0.432. The maximum Gasteiger partial charge on any atom is 0.209 e. The van der Waals surface area contributed by atoms with Crippen LogP contribution in [0, 0.1) is 16.1 Å². The van der Waals surface area contributed by atoms with E-state index in [4.69, 9.17) is 10.00 Å². The SMILES string of the molecule is CCOC(C(C)(C)C)[N+]1(SC#N)CCCC1. The van der Waals surface area contributed by atoms with Gasteiger partial charge in [-0.25, -0.2) is 3.89 Å². The highest BCUT2D eigenvalue weighted by molar-refractivity contribution is 7.98. The van der Waals surface area contributed by atoms with Gasteiger partial charge in [0, 0.05) is 18.3 Å². The third-order valence-electron chi connectivity index (χ3n) is 3.04. The molecule has 4 heteroatoms. The van der Waals surface area contributed by atoms with Crippen molar-refractivity contribution >= 4 is 11.9 Å². The molecular formula is C12H23N2OS+. The van der Waals surface area contributed by atoms with E-state index >= 15 is 0 Å². The van der Waals surface area contributed by atoms with Gasteiger partial charge in [-0.1, -0.05) is 20.8 Å². The van der Waals surface area contributed by atoms with E-state index in [1.54, 1.807) is 0 Å². The first-order valence-electron chi connectivity index (χ1n) is 6.02. The second-order valence-electron chi connectivity index (χ2n) is 5.46. The van der Waals surface area contributed by atoms with Crippen LogP contribution in [0.5, 0.6) is 0 Å². The van der Waals surface area contributed by atoms with Gasteiger partial charge in [0.25, 0.3) is 0 Å². The summed E-state index contributed by atoms with van der Waals surface area (Å²) in [5.41, 5.74) is 0.0736. The van der Waals surface area contributed by atoms with E-state index in [1.165, 1.54) is 24.8 Å². The third kappa shape index (κ3) is 2.91. The molecule has 0 aromatic carbocycles. The molecular weight excluding hydrogens is 220 g/mol. The molecule has 92 valence electrons. The van der Waals surface area contributed by atoms with Crippen molar-refractivity contribution in [3.05, 3.63) is 0 Å². The number of rotatable bonds is 4. The average molecular weight is 243 g/mol. The lowest BCUT2D eigenvalue weighted by Crippen LogP contribution is -2.54. The second kappa shape index (κ2) is 5.39. The van der Waals surface area contributed by atoms with Crippen LogP contribution in [0.1, 0.15) is 40.5 Å². The smallest absolute Gasteiger partial charge is 0.209 e. The Balaban J connectivity index is 2.92. The molecule has 0 saturated carbocycles. The van der Waals surface area contributed by atoms with Gasteiger partial charge < -0.3 is 4.74 Å². The predicted octanol–water partition coefficient (Wildman–Crippen LogP) is 3.13. The van der Waals surface area contributed by atoms with Crippen LogP contribution in [-0.4, -0.2) is 29.8 Å². The van der Waals surface area contributed by atoms with E-state index in [2.05, 4.69) is 26.2 Å². The van der Waals surface area contributed by atoms with Crippen molar-refractivity contribution < 1.29 is 8.63 Å². The maximum atomic E-state index is 9.02. The second-order valence-corrected chi connectivity index (χ2v) is 6.56. The van der Waals surface area contributed by atoms with Crippen LogP contribution in [0.2, 0.25) is 0 Å². The summed E-state index contributed by atoms with van der Waals surface area (Å²) in [5.74, 6) is 0. The fourth-order valence-electron chi connectivity index (χ4n) is 2.58. The fraction of sp³-hybridized carbons (Fsp3) is 0.917. The highest BCUT2D eigenvalue weighted by atomic mass is 32.2. The zero-order chi connectivity index (χ0) is 12.2. The summed E-state index contributed by atoms with van der Waals surface area (Å²) in [6, 6.07) is 0. The van der Waals surface area contributed by atoms with E-state index in [9.17, 15) is 0 Å². The lowest BCUT2D eigenvalue weighted by molar-refractivity contribution is -0.847. The van der Waals surface area contributed by atoms with Crippen molar-refractivity contribution in [1.29, 1.82) is 5.26 Å². The molecule has 0 amide bonds. The number of likely N-dealkylation sites (tertiary alicyclic amines) is 1. The molecule has 0 N–H and O–H groups in total. The number of quaternary nitrogens is 1. The largest absolute Gasteiger partial charge is 0.328 e. The minimum absolute atomic E-state index is 0.0736. The minimum atomic E-state index is 0.0736. The normalized spacial score (nSPS) is 21.7. The van der Waals surface area contributed by atoms with Crippen LogP contribution in [-0.2, 0) is 4.74 Å². The van der Waals surface area contributed by atoms with Gasteiger partial charge in [-0.05, 0) is 6.92 Å². The van der Waals surface area contributed by atoms with Gasteiger partial charge in [-0.2, -0.15) is 5.26 Å². The molecule has 1 saturated heterocycles. The molecule has 1 aliphatic rings. The molecule has 1 unspecified atom stereocenters. The fourth-order valence-corrected chi connectivity index (χ4v) is 3.65. The Morgan fingerprint density at radius 1 is 1.38 bits per heavy atom. The van der Waals surface area contributed by atoms with Crippen molar-refractivity contribution in [2.75, 3.05) is 19.7 Å². The third-order valence-corrected chi connectivity index (χ3v) is 4.04. The van der Waals surface area contributed by atoms with Crippen molar-refractivity contribution in [3.8, 4) is 5.40 Å². The standard InChI is InChI=1S/C12H23N2OS/c1-5-15-11(12(2,3)4)14(16-10-13)8-6-7-9-14/h11H,5-9H2,1-4H3/q+1. The number of hydrogen-bond donors (Lipinski definition) is 0. The Hall–Kier alpha value is -0.240. The molecule has 0 bridgehead atoms. The summed E-state index contributed by atoms with van der Waals surface area (Å²) >= 11 is 1.38. The van der Waals surface area contributed by atoms with Crippen LogP contribution >= 0.6 is 11.9 Å². The van der Waals surface area contributed by atoms with E-state index in [0.717, 1.165) is 17.0 Å². The van der Waals surface area contributed by atoms with Crippen molar-refractivity contribution in [3.63, 3.8) is 0 Å². The molecule has 1 heterocycles. The Morgan fingerprint density at radius 2 is 1.94 bits per heavy atom. The van der Waals surface area contributed by atoms with Crippen LogP contribution < -0.4 is 0 Å². The van der Waals surface area contributed by atoms with E-state index < -0.39 is 0 Å². The first-order chi connectivity index (χ1) is 7.46. The Bertz CT molecular complexity index is 261. The van der Waals surface area contributed by atoms with Crippen LogP contribution in [0.15, 0.2) is 0 Å². The molecule has 0 spiro atoms. The lowest BCUT2D eigenvalue weighted by atomic mass is 9.93. The summed E-state index contributed by atoms with van der Waals surface area (Å²) in [4.78, 5) is 0. The highest BCUT2D eigenvalue weighted by Gasteiger charge is 2.48. The van der Waals surface area contributed by atoms with Crippen molar-refractivity contribution in [1.82, 2.24) is 0 Å². The lowest BCUT2D eigenvalue weighted by Gasteiger charge is -2.42. The number of nitriles is 1. The van der Waals surface area contributed by atoms with Crippen molar-refractivity contribution in [2.45, 2.75) is 46.8 Å². The summed E-state index contributed by atoms with van der Waals surface area (Å²) in [6.45, 7) is 11.5. The summed E-state index contributed by atoms with van der Waals surface area (Å²) in [6.07, 6.45) is 2.52. The number of thiocyanates is 1. The number of hydrogen-bond acceptors (Lipinski definition) is 3. The predicted molar refractivity (Wildman–Crippen MR) is 67.3 cm³/mol.